The Balaban J connectivity index is 2.06. The molecule has 0 spiro atoms. The Hall–Kier alpha value is -1.10. The van der Waals surface area contributed by atoms with E-state index in [1.807, 2.05) is 13.8 Å². The van der Waals surface area contributed by atoms with E-state index >= 15 is 0 Å². The van der Waals surface area contributed by atoms with Crippen LogP contribution in [0.4, 0.5) is 0 Å². The van der Waals surface area contributed by atoms with Gasteiger partial charge in [-0.05, 0) is 40.2 Å². The van der Waals surface area contributed by atoms with Gasteiger partial charge < -0.3 is 16.0 Å². The zero-order chi connectivity index (χ0) is 12.9. The Morgan fingerprint density at radius 1 is 1.29 bits per heavy atom. The number of carbonyl (C=O) groups excluding carboxylic acids is 2. The molecule has 98 valence electrons. The van der Waals surface area contributed by atoms with Crippen LogP contribution in [0.1, 0.15) is 39.5 Å². The lowest BCUT2D eigenvalue weighted by Gasteiger charge is -2.22. The average molecular weight is 241 g/mol. The lowest BCUT2D eigenvalue weighted by molar-refractivity contribution is -0.126. The maximum absolute atomic E-state index is 11.7. The minimum atomic E-state index is -0.559. The molecule has 17 heavy (non-hydrogen) atoms. The first kappa shape index (κ1) is 14.0. The van der Waals surface area contributed by atoms with Gasteiger partial charge in [-0.25, -0.2) is 0 Å². The van der Waals surface area contributed by atoms with Gasteiger partial charge in [-0.1, -0.05) is 0 Å². The molecule has 2 amide bonds. The normalized spacial score (nSPS) is 15.5. The number of rotatable bonds is 7. The zero-order valence-electron chi connectivity index (χ0n) is 10.9. The van der Waals surface area contributed by atoms with E-state index < -0.39 is 5.54 Å². The summed E-state index contributed by atoms with van der Waals surface area (Å²) in [5.41, 5.74) is -0.559. The third-order valence-corrected chi connectivity index (χ3v) is 3.00. The molecule has 1 fully saturated rings. The molecule has 0 aromatic rings. The van der Waals surface area contributed by atoms with E-state index in [1.54, 1.807) is 7.05 Å². The molecule has 0 aromatic carbocycles. The highest BCUT2D eigenvalue weighted by atomic mass is 16.2. The summed E-state index contributed by atoms with van der Waals surface area (Å²) >= 11 is 0. The average Bonchev–Trinajstić information content (AvgIpc) is 3.07. The van der Waals surface area contributed by atoms with E-state index in [0.717, 1.165) is 12.8 Å². The van der Waals surface area contributed by atoms with Gasteiger partial charge in [0.05, 0.1) is 5.54 Å². The van der Waals surface area contributed by atoms with E-state index in [1.165, 1.54) is 0 Å². The Morgan fingerprint density at radius 3 is 2.47 bits per heavy atom. The van der Waals surface area contributed by atoms with E-state index in [4.69, 9.17) is 0 Å². The van der Waals surface area contributed by atoms with Gasteiger partial charge in [0.2, 0.25) is 11.8 Å². The second-order valence-electron chi connectivity index (χ2n) is 5.08. The van der Waals surface area contributed by atoms with Crippen molar-refractivity contribution in [1.29, 1.82) is 0 Å². The third kappa shape index (κ3) is 5.17. The third-order valence-electron chi connectivity index (χ3n) is 3.00. The van der Waals surface area contributed by atoms with Gasteiger partial charge >= 0.3 is 0 Å². The maximum atomic E-state index is 11.7. The Kier molecular flexibility index (Phi) is 4.93. The molecule has 0 aliphatic heterocycles. The number of hydrogen-bond acceptors (Lipinski definition) is 3. The topological polar surface area (TPSA) is 70.2 Å². The molecule has 5 nitrogen and oxygen atoms in total. The van der Waals surface area contributed by atoms with Crippen LogP contribution in [0.3, 0.4) is 0 Å². The Morgan fingerprint density at radius 2 is 1.94 bits per heavy atom. The van der Waals surface area contributed by atoms with Crippen molar-refractivity contribution in [2.24, 2.45) is 0 Å². The first-order valence-corrected chi connectivity index (χ1v) is 6.22. The Labute approximate surface area is 103 Å². The highest BCUT2D eigenvalue weighted by Gasteiger charge is 2.25. The van der Waals surface area contributed by atoms with Crippen LogP contribution in [0.5, 0.6) is 0 Å². The fourth-order valence-corrected chi connectivity index (χ4v) is 1.31. The number of hydrogen-bond donors (Lipinski definition) is 3. The molecule has 1 saturated carbocycles. The summed E-state index contributed by atoms with van der Waals surface area (Å²) in [5.74, 6) is 0.0530. The number of nitrogens with one attached hydrogen (secondary N) is 3. The van der Waals surface area contributed by atoms with Crippen LogP contribution < -0.4 is 16.0 Å². The number of amides is 2. The van der Waals surface area contributed by atoms with Gasteiger partial charge in [0.15, 0.2) is 0 Å². The first-order chi connectivity index (χ1) is 7.95. The summed E-state index contributed by atoms with van der Waals surface area (Å²) in [6.45, 7) is 4.19. The van der Waals surface area contributed by atoms with Crippen molar-refractivity contribution in [3.05, 3.63) is 0 Å². The quantitative estimate of drug-likeness (QED) is 0.556. The molecule has 1 aliphatic rings. The van der Waals surface area contributed by atoms with Crippen LogP contribution in [0.2, 0.25) is 0 Å². The summed E-state index contributed by atoms with van der Waals surface area (Å²) in [7, 11) is 1.75. The van der Waals surface area contributed by atoms with Crippen LogP contribution >= 0.6 is 0 Å². The van der Waals surface area contributed by atoms with Gasteiger partial charge in [0.25, 0.3) is 0 Å². The molecule has 0 unspecified atom stereocenters. The van der Waals surface area contributed by atoms with E-state index in [-0.39, 0.29) is 11.8 Å². The zero-order valence-corrected chi connectivity index (χ0v) is 10.9. The van der Waals surface area contributed by atoms with Crippen molar-refractivity contribution in [1.82, 2.24) is 16.0 Å². The molecule has 1 aliphatic carbocycles. The van der Waals surface area contributed by atoms with E-state index in [9.17, 15) is 9.59 Å². The predicted molar refractivity (Wildman–Crippen MR) is 66.5 cm³/mol. The maximum Gasteiger partial charge on any atom is 0.239 e. The van der Waals surface area contributed by atoms with E-state index in [0.29, 0.717) is 25.4 Å². The lowest BCUT2D eigenvalue weighted by atomic mass is 10.1. The molecule has 0 radical (unpaired) electrons. The van der Waals surface area contributed by atoms with Crippen LogP contribution in [0.25, 0.3) is 0 Å². The molecule has 0 bridgehead atoms. The number of likely N-dealkylation sites (N-methyl/N-ethyl adjacent to an activating group) is 1. The van der Waals surface area contributed by atoms with Gasteiger partial charge in [-0.2, -0.15) is 0 Å². The van der Waals surface area contributed by atoms with Crippen molar-refractivity contribution in [2.45, 2.75) is 51.1 Å². The minimum Gasteiger partial charge on any atom is -0.355 e. The molecule has 5 heteroatoms. The van der Waals surface area contributed by atoms with E-state index in [2.05, 4.69) is 16.0 Å². The standard InChI is InChI=1S/C12H23N3O2/c1-12(2,13-3)11(17)14-8-4-5-10(16)15-9-6-7-9/h9,13H,4-8H2,1-3H3,(H,14,17)(H,15,16). The van der Waals surface area contributed by atoms with Crippen molar-refractivity contribution < 1.29 is 9.59 Å². The summed E-state index contributed by atoms with van der Waals surface area (Å²) in [6, 6.07) is 0.417. The van der Waals surface area contributed by atoms with Crippen LogP contribution in [0, 0.1) is 0 Å². The lowest BCUT2D eigenvalue weighted by Crippen LogP contribution is -2.51. The molecule has 0 heterocycles. The molecular weight excluding hydrogens is 218 g/mol. The second kappa shape index (κ2) is 6.00. The van der Waals surface area contributed by atoms with Crippen LogP contribution in [0.15, 0.2) is 0 Å². The minimum absolute atomic E-state index is 0.0393. The smallest absolute Gasteiger partial charge is 0.239 e. The summed E-state index contributed by atoms with van der Waals surface area (Å²) in [6.07, 6.45) is 3.39. The summed E-state index contributed by atoms with van der Waals surface area (Å²) in [5, 5.41) is 8.67. The summed E-state index contributed by atoms with van der Waals surface area (Å²) in [4.78, 5) is 23.0. The highest BCUT2D eigenvalue weighted by molar-refractivity contribution is 5.85. The molecule has 3 N–H and O–H groups in total. The van der Waals surface area contributed by atoms with Crippen molar-refractivity contribution in [3.63, 3.8) is 0 Å². The summed E-state index contributed by atoms with van der Waals surface area (Å²) < 4.78 is 0. The van der Waals surface area contributed by atoms with Crippen molar-refractivity contribution >= 4 is 11.8 Å². The predicted octanol–water partition coefficient (Wildman–Crippen LogP) is 0.159. The van der Waals surface area contributed by atoms with Crippen molar-refractivity contribution in [2.75, 3.05) is 13.6 Å². The highest BCUT2D eigenvalue weighted by Crippen LogP contribution is 2.18. The van der Waals surface area contributed by atoms with Gasteiger partial charge in [0.1, 0.15) is 0 Å². The number of carbonyl (C=O) groups is 2. The first-order valence-electron chi connectivity index (χ1n) is 6.22. The van der Waals surface area contributed by atoms with Crippen LogP contribution in [-0.2, 0) is 9.59 Å². The monoisotopic (exact) mass is 241 g/mol. The fraction of sp³-hybridized carbons (Fsp3) is 0.833. The van der Waals surface area contributed by atoms with Crippen LogP contribution in [-0.4, -0.2) is 37.0 Å². The Bertz CT molecular complexity index is 285. The molecule has 0 saturated heterocycles. The fourth-order valence-electron chi connectivity index (χ4n) is 1.31. The van der Waals surface area contributed by atoms with Crippen molar-refractivity contribution in [3.8, 4) is 0 Å². The molecular formula is C12H23N3O2. The molecule has 0 atom stereocenters. The van der Waals surface area contributed by atoms with Gasteiger partial charge in [-0.3, -0.25) is 9.59 Å². The SMILES string of the molecule is CNC(C)(C)C(=O)NCCCC(=O)NC1CC1. The molecule has 1 rings (SSSR count). The van der Waals surface area contributed by atoms with Gasteiger partial charge in [0, 0.05) is 19.0 Å². The van der Waals surface area contributed by atoms with Gasteiger partial charge in [-0.15, -0.1) is 0 Å². The largest absolute Gasteiger partial charge is 0.355 e. The molecule has 0 aromatic heterocycles. The second-order valence-corrected chi connectivity index (χ2v) is 5.08.